The van der Waals surface area contributed by atoms with Crippen LogP contribution in [0.4, 0.5) is 0 Å². The van der Waals surface area contributed by atoms with Gasteiger partial charge in [-0.1, -0.05) is 24.9 Å². The van der Waals surface area contributed by atoms with Crippen molar-refractivity contribution >= 4 is 23.4 Å². The van der Waals surface area contributed by atoms with Crippen LogP contribution in [0.25, 0.3) is 0 Å². The predicted molar refractivity (Wildman–Crippen MR) is 106 cm³/mol. The van der Waals surface area contributed by atoms with Crippen LogP contribution < -0.4 is 9.47 Å². The van der Waals surface area contributed by atoms with Crippen molar-refractivity contribution in [1.82, 2.24) is 0 Å². The lowest BCUT2D eigenvalue weighted by molar-refractivity contribution is 0.0696. The number of Topliss-reactive ketones (excluding diaryl/α,β-unsaturated/α-hetero) is 1. The smallest absolute Gasteiger partial charge is 0.335 e. The van der Waals surface area contributed by atoms with Gasteiger partial charge >= 0.3 is 5.97 Å². The van der Waals surface area contributed by atoms with Crippen LogP contribution in [0.5, 0.6) is 17.2 Å². The van der Waals surface area contributed by atoms with E-state index in [1.165, 1.54) is 25.1 Å². The summed E-state index contributed by atoms with van der Waals surface area (Å²) in [5.74, 6) is -0.312. The number of hydrogen-bond donors (Lipinski definition) is 2. The molecule has 0 atom stereocenters. The number of hydrogen-bond acceptors (Lipinski definition) is 5. The molecule has 2 N–H and O–H groups in total. The molecule has 28 heavy (non-hydrogen) atoms. The second-order valence-corrected chi connectivity index (χ2v) is 6.65. The minimum absolute atomic E-state index is 0.0200. The number of rotatable bonds is 10. The van der Waals surface area contributed by atoms with Crippen molar-refractivity contribution in [1.29, 1.82) is 0 Å². The van der Waals surface area contributed by atoms with E-state index < -0.39 is 5.97 Å². The Balaban J connectivity index is 1.92. The average molecular weight is 407 g/mol. The highest BCUT2D eigenvalue weighted by molar-refractivity contribution is 6.32. The molecule has 2 rings (SSSR count). The zero-order valence-corrected chi connectivity index (χ0v) is 16.6. The van der Waals surface area contributed by atoms with E-state index in [-0.39, 0.29) is 22.1 Å². The molecule has 0 unspecified atom stereocenters. The molecule has 0 aliphatic rings. The SMILES string of the molecule is CCCc1c(OCCCOc2ccc(C(=O)O)cc2Cl)ccc(C(C)=O)c1O. The number of halogens is 1. The number of ketones is 1. The van der Waals surface area contributed by atoms with Gasteiger partial charge in [0.05, 0.1) is 29.4 Å². The monoisotopic (exact) mass is 406 g/mol. The van der Waals surface area contributed by atoms with Gasteiger partial charge in [-0.3, -0.25) is 4.79 Å². The Kier molecular flexibility index (Phi) is 7.70. The van der Waals surface area contributed by atoms with E-state index in [1.807, 2.05) is 6.92 Å². The van der Waals surface area contributed by atoms with Crippen molar-refractivity contribution in [2.24, 2.45) is 0 Å². The number of aromatic carboxylic acids is 1. The first-order chi connectivity index (χ1) is 13.3. The number of benzene rings is 2. The van der Waals surface area contributed by atoms with Crippen LogP contribution in [0.1, 0.15) is 53.0 Å². The molecular weight excluding hydrogens is 384 g/mol. The van der Waals surface area contributed by atoms with Gasteiger partial charge in [0.1, 0.15) is 17.2 Å². The van der Waals surface area contributed by atoms with Gasteiger partial charge < -0.3 is 19.7 Å². The minimum Gasteiger partial charge on any atom is -0.507 e. The van der Waals surface area contributed by atoms with E-state index in [4.69, 9.17) is 26.2 Å². The van der Waals surface area contributed by atoms with Crippen LogP contribution in [-0.4, -0.2) is 35.2 Å². The summed E-state index contributed by atoms with van der Waals surface area (Å²) in [6.07, 6.45) is 1.96. The van der Waals surface area contributed by atoms with Gasteiger partial charge in [0, 0.05) is 12.0 Å². The Morgan fingerprint density at radius 3 is 2.29 bits per heavy atom. The maximum absolute atomic E-state index is 11.6. The Morgan fingerprint density at radius 2 is 1.71 bits per heavy atom. The highest BCUT2D eigenvalue weighted by atomic mass is 35.5. The molecule has 0 heterocycles. The van der Waals surface area contributed by atoms with Crippen molar-refractivity contribution in [3.63, 3.8) is 0 Å². The topological polar surface area (TPSA) is 93.1 Å². The Labute approximate surface area is 168 Å². The van der Waals surface area contributed by atoms with Crippen molar-refractivity contribution in [3.8, 4) is 17.2 Å². The van der Waals surface area contributed by atoms with Crippen LogP contribution in [0.15, 0.2) is 30.3 Å². The summed E-state index contributed by atoms with van der Waals surface area (Å²) in [5.41, 5.74) is 1.01. The van der Waals surface area contributed by atoms with E-state index in [0.717, 1.165) is 6.42 Å². The number of phenols is 1. The van der Waals surface area contributed by atoms with E-state index in [1.54, 1.807) is 12.1 Å². The minimum atomic E-state index is -1.05. The third-order valence-corrected chi connectivity index (χ3v) is 4.40. The molecule has 150 valence electrons. The molecule has 0 fully saturated rings. The van der Waals surface area contributed by atoms with Crippen LogP contribution in [0, 0.1) is 0 Å². The van der Waals surface area contributed by atoms with Crippen LogP contribution >= 0.6 is 11.6 Å². The quantitative estimate of drug-likeness (QED) is 0.437. The molecule has 0 saturated heterocycles. The molecule has 2 aromatic rings. The summed E-state index contributed by atoms with van der Waals surface area (Å²) >= 11 is 6.02. The van der Waals surface area contributed by atoms with Crippen molar-refractivity contribution in [2.45, 2.75) is 33.1 Å². The number of carboxylic acids is 1. The number of carbonyl (C=O) groups is 2. The first kappa shape index (κ1) is 21.6. The maximum atomic E-state index is 11.6. The number of carbonyl (C=O) groups excluding carboxylic acids is 1. The van der Waals surface area contributed by atoms with Gasteiger partial charge in [0.25, 0.3) is 0 Å². The lowest BCUT2D eigenvalue weighted by Gasteiger charge is -2.15. The first-order valence-corrected chi connectivity index (χ1v) is 9.37. The molecule has 6 nitrogen and oxygen atoms in total. The molecule has 2 aromatic carbocycles. The van der Waals surface area contributed by atoms with Gasteiger partial charge in [-0.2, -0.15) is 0 Å². The second-order valence-electron chi connectivity index (χ2n) is 6.25. The van der Waals surface area contributed by atoms with E-state index >= 15 is 0 Å². The molecule has 7 heteroatoms. The molecular formula is C21H23ClO6. The number of aromatic hydroxyl groups is 1. The molecule has 0 spiro atoms. The summed E-state index contributed by atoms with van der Waals surface area (Å²) < 4.78 is 11.3. The fourth-order valence-corrected chi connectivity index (χ4v) is 2.94. The molecule has 0 aromatic heterocycles. The molecule has 0 aliphatic heterocycles. The third-order valence-electron chi connectivity index (χ3n) is 4.10. The lowest BCUT2D eigenvalue weighted by Crippen LogP contribution is -2.07. The number of phenolic OH excluding ortho intramolecular Hbond substituents is 1. The van der Waals surface area contributed by atoms with Crippen LogP contribution in [0.3, 0.4) is 0 Å². The summed E-state index contributed by atoms with van der Waals surface area (Å²) in [6.45, 7) is 4.07. The normalized spacial score (nSPS) is 10.5. The summed E-state index contributed by atoms with van der Waals surface area (Å²) in [7, 11) is 0. The van der Waals surface area contributed by atoms with Crippen molar-refractivity contribution < 1.29 is 29.3 Å². The van der Waals surface area contributed by atoms with E-state index in [9.17, 15) is 14.7 Å². The predicted octanol–water partition coefficient (Wildman–Crippen LogP) is 4.75. The molecule has 0 amide bonds. The maximum Gasteiger partial charge on any atom is 0.335 e. The van der Waals surface area contributed by atoms with Gasteiger partial charge in [-0.05, 0) is 43.7 Å². The zero-order chi connectivity index (χ0) is 20.7. The zero-order valence-electron chi connectivity index (χ0n) is 15.8. The Bertz CT molecular complexity index is 862. The fraction of sp³-hybridized carbons (Fsp3) is 0.333. The summed E-state index contributed by atoms with van der Waals surface area (Å²) in [6, 6.07) is 7.54. The van der Waals surface area contributed by atoms with Crippen molar-refractivity contribution in [3.05, 3.63) is 52.0 Å². The third kappa shape index (κ3) is 5.39. The van der Waals surface area contributed by atoms with Gasteiger partial charge in [0.15, 0.2) is 5.78 Å². The molecule has 0 radical (unpaired) electrons. The highest BCUT2D eigenvalue weighted by Gasteiger charge is 2.16. The van der Waals surface area contributed by atoms with Crippen LogP contribution in [0.2, 0.25) is 5.02 Å². The summed E-state index contributed by atoms with van der Waals surface area (Å²) in [4.78, 5) is 22.5. The highest BCUT2D eigenvalue weighted by Crippen LogP contribution is 2.33. The van der Waals surface area contributed by atoms with Gasteiger partial charge in [-0.15, -0.1) is 0 Å². The molecule has 0 saturated carbocycles. The largest absolute Gasteiger partial charge is 0.507 e. The standard InChI is InChI=1S/C21H23ClO6/c1-3-5-16-18(9-7-15(13(2)23)20(16)24)27-10-4-11-28-19-8-6-14(21(25)26)12-17(19)22/h6-9,12,24H,3-5,10-11H2,1-2H3,(H,25,26). The lowest BCUT2D eigenvalue weighted by atomic mass is 10.0. The van der Waals surface area contributed by atoms with Gasteiger partial charge in [0.2, 0.25) is 0 Å². The Morgan fingerprint density at radius 1 is 1.07 bits per heavy atom. The van der Waals surface area contributed by atoms with E-state index in [0.29, 0.717) is 48.7 Å². The second kappa shape index (κ2) is 9.99. The Hall–Kier alpha value is -2.73. The van der Waals surface area contributed by atoms with Gasteiger partial charge in [-0.25, -0.2) is 4.79 Å². The summed E-state index contributed by atoms with van der Waals surface area (Å²) in [5, 5.41) is 19.5. The van der Waals surface area contributed by atoms with E-state index in [2.05, 4.69) is 0 Å². The number of carboxylic acid groups (broad SMARTS) is 1. The average Bonchev–Trinajstić information content (AvgIpc) is 2.64. The fourth-order valence-electron chi connectivity index (χ4n) is 2.70. The van der Waals surface area contributed by atoms with Crippen LogP contribution in [-0.2, 0) is 6.42 Å². The number of ether oxygens (including phenoxy) is 2. The molecule has 0 bridgehead atoms. The molecule has 0 aliphatic carbocycles. The van der Waals surface area contributed by atoms with Crippen molar-refractivity contribution in [2.75, 3.05) is 13.2 Å². The first-order valence-electron chi connectivity index (χ1n) is 8.99.